The number of rotatable bonds is 3. The predicted molar refractivity (Wildman–Crippen MR) is 134 cm³/mol. The van der Waals surface area contributed by atoms with Crippen LogP contribution >= 0.6 is 0 Å². The normalized spacial score (nSPS) is 18.2. The van der Waals surface area contributed by atoms with Crippen LogP contribution in [0.4, 0.5) is 0 Å². The molecule has 7 rings (SSSR count). The summed E-state index contributed by atoms with van der Waals surface area (Å²) in [6.07, 6.45) is 5.29. The Labute approximate surface area is 189 Å². The minimum Gasteiger partial charge on any atom is -0.456 e. The number of ether oxygens (including phenoxy) is 1. The van der Waals surface area contributed by atoms with Crippen LogP contribution in [0.5, 0.6) is 11.5 Å². The highest BCUT2D eigenvalue weighted by Gasteiger charge is 2.35. The van der Waals surface area contributed by atoms with Crippen molar-refractivity contribution in [1.29, 1.82) is 0 Å². The van der Waals surface area contributed by atoms with E-state index in [2.05, 4.69) is 70.3 Å². The molecule has 0 atom stereocenters. The summed E-state index contributed by atoms with van der Waals surface area (Å²) in [7, 11) is 0. The molecule has 3 heterocycles. The van der Waals surface area contributed by atoms with E-state index >= 15 is 0 Å². The second kappa shape index (κ2) is 7.36. The van der Waals surface area contributed by atoms with E-state index < -0.39 is 0 Å². The van der Waals surface area contributed by atoms with Gasteiger partial charge in [-0.05, 0) is 97.2 Å². The lowest BCUT2D eigenvalue weighted by atomic mass is 9.63. The molecule has 3 aliphatic heterocycles. The predicted octanol–water partition coefficient (Wildman–Crippen LogP) is 5.65. The Balaban J connectivity index is 1.45. The highest BCUT2D eigenvalue weighted by atomic mass is 16.5. The molecular formula is C28H27BN2O. The standard InChI is InChI=1S/C28H27BN2O/c1-2-10-26-22(8-1)25-18-20-12-13-21(19-24(20)23-9-7-11-27(32-26)28(23)25)29(30-14-3-4-15-30)31-16-5-6-17-31/h1-2,7-13,18-19H,3-6,14-17H2. The number of hydrogen-bond donors (Lipinski definition) is 0. The van der Waals surface area contributed by atoms with Crippen LogP contribution in [0.25, 0.3) is 32.7 Å². The van der Waals surface area contributed by atoms with Crippen LogP contribution in [-0.2, 0) is 0 Å². The number of benzene rings is 4. The van der Waals surface area contributed by atoms with Crippen molar-refractivity contribution in [3.05, 3.63) is 66.7 Å². The van der Waals surface area contributed by atoms with Gasteiger partial charge in [0.15, 0.2) is 0 Å². The largest absolute Gasteiger partial charge is 0.456 e. The third kappa shape index (κ3) is 2.83. The summed E-state index contributed by atoms with van der Waals surface area (Å²) in [5, 5.41) is 5.20. The van der Waals surface area contributed by atoms with Crippen molar-refractivity contribution in [3.63, 3.8) is 0 Å². The number of para-hydroxylation sites is 1. The fourth-order valence-corrected chi connectivity index (χ4v) is 6.17. The van der Waals surface area contributed by atoms with Crippen LogP contribution in [0.2, 0.25) is 0 Å². The fourth-order valence-electron chi connectivity index (χ4n) is 6.17. The lowest BCUT2D eigenvalue weighted by Crippen LogP contribution is -2.58. The molecule has 2 fully saturated rings. The maximum Gasteiger partial charge on any atom is 0.346 e. The molecule has 3 aliphatic rings. The monoisotopic (exact) mass is 418 g/mol. The highest BCUT2D eigenvalue weighted by Crippen LogP contribution is 2.48. The van der Waals surface area contributed by atoms with Crippen molar-refractivity contribution >= 4 is 34.0 Å². The summed E-state index contributed by atoms with van der Waals surface area (Å²) in [6.45, 7) is 5.27. The van der Waals surface area contributed by atoms with Gasteiger partial charge in [0.05, 0.1) is 0 Å². The van der Waals surface area contributed by atoms with Crippen molar-refractivity contribution in [2.75, 3.05) is 26.2 Å². The molecule has 0 aromatic heterocycles. The molecule has 4 heteroatoms. The summed E-state index contributed by atoms with van der Waals surface area (Å²) in [6, 6.07) is 24.5. The second-order valence-corrected chi connectivity index (χ2v) is 9.54. The van der Waals surface area contributed by atoms with Gasteiger partial charge in [-0.3, -0.25) is 0 Å². The Hall–Kier alpha value is -2.82. The van der Waals surface area contributed by atoms with Gasteiger partial charge in [-0.1, -0.05) is 48.5 Å². The van der Waals surface area contributed by atoms with Gasteiger partial charge in [0.1, 0.15) is 11.5 Å². The molecule has 3 nitrogen and oxygen atoms in total. The number of hydrogen-bond acceptors (Lipinski definition) is 3. The van der Waals surface area contributed by atoms with E-state index in [9.17, 15) is 0 Å². The highest BCUT2D eigenvalue weighted by molar-refractivity contribution is 6.68. The molecule has 0 bridgehead atoms. The van der Waals surface area contributed by atoms with Gasteiger partial charge >= 0.3 is 6.98 Å². The zero-order chi connectivity index (χ0) is 21.1. The molecule has 32 heavy (non-hydrogen) atoms. The third-order valence-corrected chi connectivity index (χ3v) is 7.63. The van der Waals surface area contributed by atoms with Crippen LogP contribution in [0.15, 0.2) is 66.7 Å². The van der Waals surface area contributed by atoms with Gasteiger partial charge in [-0.2, -0.15) is 0 Å². The van der Waals surface area contributed by atoms with Gasteiger partial charge < -0.3 is 14.4 Å². The Morgan fingerprint density at radius 2 is 1.34 bits per heavy atom. The van der Waals surface area contributed by atoms with Crippen molar-refractivity contribution < 1.29 is 4.74 Å². The van der Waals surface area contributed by atoms with Crippen LogP contribution in [-0.4, -0.2) is 42.8 Å². The summed E-state index contributed by atoms with van der Waals surface area (Å²) in [4.78, 5) is 5.41. The Morgan fingerprint density at radius 1 is 0.625 bits per heavy atom. The van der Waals surface area contributed by atoms with E-state index in [0.717, 1.165) is 11.5 Å². The number of fused-ring (bicyclic) bond motifs is 4. The summed E-state index contributed by atoms with van der Waals surface area (Å²) in [5.41, 5.74) is 3.92. The topological polar surface area (TPSA) is 15.7 Å². The molecule has 2 saturated heterocycles. The van der Waals surface area contributed by atoms with Crippen molar-refractivity contribution in [3.8, 4) is 22.6 Å². The average Bonchev–Trinajstić information content (AvgIpc) is 3.55. The minimum absolute atomic E-state index is 0.409. The molecule has 0 radical (unpaired) electrons. The molecule has 0 unspecified atom stereocenters. The lowest BCUT2D eigenvalue weighted by Gasteiger charge is -2.32. The molecule has 158 valence electrons. The Bertz CT molecular complexity index is 1320. The zero-order valence-electron chi connectivity index (χ0n) is 18.4. The van der Waals surface area contributed by atoms with Crippen molar-refractivity contribution in [2.45, 2.75) is 25.7 Å². The van der Waals surface area contributed by atoms with E-state index in [-0.39, 0.29) is 0 Å². The third-order valence-electron chi connectivity index (χ3n) is 7.63. The van der Waals surface area contributed by atoms with Crippen molar-refractivity contribution in [2.24, 2.45) is 0 Å². The van der Waals surface area contributed by atoms with E-state index in [1.807, 2.05) is 6.07 Å². The van der Waals surface area contributed by atoms with E-state index in [0.29, 0.717) is 6.98 Å². The molecule has 4 aromatic carbocycles. The Morgan fingerprint density at radius 3 is 2.12 bits per heavy atom. The Kier molecular flexibility index (Phi) is 4.31. The van der Waals surface area contributed by atoms with Gasteiger partial charge in [0, 0.05) is 10.9 Å². The van der Waals surface area contributed by atoms with Gasteiger partial charge in [0.2, 0.25) is 0 Å². The minimum atomic E-state index is 0.409. The molecule has 4 aromatic rings. The van der Waals surface area contributed by atoms with Crippen LogP contribution in [0.3, 0.4) is 0 Å². The SMILES string of the molecule is c1ccc2c(c1)Oc1cccc3c1c-2cc1ccc(B(N2CCCC2)N2CCCC2)cc13. The van der Waals surface area contributed by atoms with E-state index in [1.54, 1.807) is 0 Å². The fraction of sp³-hybridized carbons (Fsp3) is 0.286. The average molecular weight is 418 g/mol. The quantitative estimate of drug-likeness (QED) is 0.278. The molecule has 0 aliphatic carbocycles. The van der Waals surface area contributed by atoms with Crippen LogP contribution in [0, 0.1) is 0 Å². The number of nitrogens with zero attached hydrogens (tertiary/aromatic N) is 2. The molecule has 0 N–H and O–H groups in total. The first-order valence-corrected chi connectivity index (χ1v) is 12.1. The summed E-state index contributed by atoms with van der Waals surface area (Å²) < 4.78 is 6.32. The summed E-state index contributed by atoms with van der Waals surface area (Å²) >= 11 is 0. The molecule has 0 saturated carbocycles. The first kappa shape index (κ1) is 18.7. The molecule has 0 amide bonds. The first-order chi connectivity index (χ1) is 15.9. The maximum absolute atomic E-state index is 6.32. The van der Waals surface area contributed by atoms with Gasteiger partial charge in [0.25, 0.3) is 0 Å². The maximum atomic E-state index is 6.32. The van der Waals surface area contributed by atoms with Crippen molar-refractivity contribution in [1.82, 2.24) is 9.62 Å². The summed E-state index contributed by atoms with van der Waals surface area (Å²) in [5.74, 6) is 1.92. The second-order valence-electron chi connectivity index (χ2n) is 9.54. The smallest absolute Gasteiger partial charge is 0.346 e. The van der Waals surface area contributed by atoms with E-state index in [4.69, 9.17) is 4.74 Å². The van der Waals surface area contributed by atoms with Crippen LogP contribution < -0.4 is 10.2 Å². The van der Waals surface area contributed by atoms with Crippen LogP contribution in [0.1, 0.15) is 25.7 Å². The lowest BCUT2D eigenvalue weighted by molar-refractivity contribution is 0.436. The van der Waals surface area contributed by atoms with Gasteiger partial charge in [-0.25, -0.2) is 0 Å². The van der Waals surface area contributed by atoms with E-state index in [1.165, 1.54) is 90.0 Å². The molecule has 0 spiro atoms. The van der Waals surface area contributed by atoms with Gasteiger partial charge in [-0.15, -0.1) is 0 Å². The zero-order valence-corrected chi connectivity index (χ0v) is 18.4. The first-order valence-electron chi connectivity index (χ1n) is 12.1. The molecular weight excluding hydrogens is 391 g/mol.